The molecule has 0 radical (unpaired) electrons. The molecule has 1 aliphatic rings. The lowest BCUT2D eigenvalue weighted by Gasteiger charge is -1.97. The highest BCUT2D eigenvalue weighted by atomic mass is 16.5. The molecule has 0 aliphatic carbocycles. The van der Waals surface area contributed by atoms with Crippen molar-refractivity contribution in [2.24, 2.45) is 0 Å². The first-order chi connectivity index (χ1) is 9.81. The Morgan fingerprint density at radius 2 is 2.30 bits per heavy atom. The number of ether oxygens (including phenoxy) is 1. The van der Waals surface area contributed by atoms with E-state index in [1.54, 1.807) is 16.9 Å². The Morgan fingerprint density at radius 3 is 3.15 bits per heavy atom. The van der Waals surface area contributed by atoms with Gasteiger partial charge in [-0.05, 0) is 18.9 Å². The van der Waals surface area contributed by atoms with Gasteiger partial charge in [0.15, 0.2) is 11.5 Å². The second-order valence-electron chi connectivity index (χ2n) is 4.98. The molecule has 0 amide bonds. The molecule has 0 spiro atoms. The lowest BCUT2D eigenvalue weighted by atomic mass is 10.1. The molecule has 4 heterocycles. The summed E-state index contributed by atoms with van der Waals surface area (Å²) < 4.78 is 12.4. The second-order valence-corrected chi connectivity index (χ2v) is 4.98. The zero-order chi connectivity index (χ0) is 13.5. The fourth-order valence-corrected chi connectivity index (χ4v) is 2.37. The maximum Gasteiger partial charge on any atom is 0.263 e. The fourth-order valence-electron chi connectivity index (χ4n) is 2.37. The van der Waals surface area contributed by atoms with Crippen LogP contribution in [-0.4, -0.2) is 38.0 Å². The van der Waals surface area contributed by atoms with E-state index < -0.39 is 0 Å². The third-order valence-corrected chi connectivity index (χ3v) is 3.45. The van der Waals surface area contributed by atoms with Crippen molar-refractivity contribution in [2.75, 3.05) is 13.2 Å². The van der Waals surface area contributed by atoms with Crippen LogP contribution < -0.4 is 0 Å². The normalized spacial score (nSPS) is 18.9. The van der Waals surface area contributed by atoms with Gasteiger partial charge in [-0.3, -0.25) is 0 Å². The van der Waals surface area contributed by atoms with Gasteiger partial charge in [-0.25, -0.2) is 9.50 Å². The van der Waals surface area contributed by atoms with Crippen molar-refractivity contribution in [2.45, 2.75) is 19.3 Å². The van der Waals surface area contributed by atoms with E-state index in [-0.39, 0.29) is 5.92 Å². The van der Waals surface area contributed by atoms with E-state index >= 15 is 0 Å². The SMILES string of the molecule is Cc1cnc2c(-c3nc(C4CCOC4)no3)cnn2c1. The van der Waals surface area contributed by atoms with Crippen LogP contribution in [0.4, 0.5) is 0 Å². The summed E-state index contributed by atoms with van der Waals surface area (Å²) in [5.74, 6) is 1.38. The molecule has 7 nitrogen and oxygen atoms in total. The third-order valence-electron chi connectivity index (χ3n) is 3.45. The Hall–Kier alpha value is -2.28. The number of fused-ring (bicyclic) bond motifs is 1. The van der Waals surface area contributed by atoms with Crippen molar-refractivity contribution in [1.82, 2.24) is 24.7 Å². The zero-order valence-corrected chi connectivity index (χ0v) is 11.0. The van der Waals surface area contributed by atoms with Gasteiger partial charge >= 0.3 is 0 Å². The molecule has 4 rings (SSSR count). The molecule has 0 bridgehead atoms. The molecule has 102 valence electrons. The van der Waals surface area contributed by atoms with E-state index in [1.807, 2.05) is 13.1 Å². The van der Waals surface area contributed by atoms with Crippen LogP contribution in [0.3, 0.4) is 0 Å². The predicted molar refractivity (Wildman–Crippen MR) is 69.2 cm³/mol. The Bertz CT molecular complexity index is 757. The van der Waals surface area contributed by atoms with Crippen LogP contribution in [0.2, 0.25) is 0 Å². The first kappa shape index (κ1) is 11.5. The molecule has 1 fully saturated rings. The molecule has 20 heavy (non-hydrogen) atoms. The lowest BCUT2D eigenvalue weighted by Crippen LogP contribution is -1.99. The smallest absolute Gasteiger partial charge is 0.263 e. The maximum atomic E-state index is 5.35. The number of aromatic nitrogens is 5. The van der Waals surface area contributed by atoms with E-state index in [0.717, 1.165) is 24.2 Å². The van der Waals surface area contributed by atoms with Crippen LogP contribution >= 0.6 is 0 Å². The topological polar surface area (TPSA) is 78.3 Å². The second kappa shape index (κ2) is 4.38. The summed E-state index contributed by atoms with van der Waals surface area (Å²) in [6, 6.07) is 0. The minimum Gasteiger partial charge on any atom is -0.381 e. The van der Waals surface area contributed by atoms with Gasteiger partial charge in [-0.2, -0.15) is 10.1 Å². The summed E-state index contributed by atoms with van der Waals surface area (Å²) in [7, 11) is 0. The highest BCUT2D eigenvalue weighted by Crippen LogP contribution is 2.27. The highest BCUT2D eigenvalue weighted by Gasteiger charge is 2.24. The Balaban J connectivity index is 1.75. The van der Waals surface area contributed by atoms with Crippen molar-refractivity contribution in [3.63, 3.8) is 0 Å². The maximum absolute atomic E-state index is 5.35. The average molecular weight is 271 g/mol. The largest absolute Gasteiger partial charge is 0.381 e. The van der Waals surface area contributed by atoms with Gasteiger partial charge in [0.25, 0.3) is 5.89 Å². The summed E-state index contributed by atoms with van der Waals surface area (Å²) in [6.45, 7) is 3.38. The zero-order valence-electron chi connectivity index (χ0n) is 11.0. The summed E-state index contributed by atoms with van der Waals surface area (Å²) in [6.07, 6.45) is 6.34. The van der Waals surface area contributed by atoms with Gasteiger partial charge in [-0.1, -0.05) is 5.16 Å². The van der Waals surface area contributed by atoms with Crippen molar-refractivity contribution in [3.8, 4) is 11.5 Å². The van der Waals surface area contributed by atoms with Crippen molar-refractivity contribution in [3.05, 3.63) is 30.0 Å². The van der Waals surface area contributed by atoms with E-state index in [2.05, 4.69) is 20.2 Å². The molecular formula is C13H13N5O2. The van der Waals surface area contributed by atoms with Gasteiger partial charge in [-0.15, -0.1) is 0 Å². The van der Waals surface area contributed by atoms with E-state index in [1.165, 1.54) is 0 Å². The molecule has 0 saturated carbocycles. The molecule has 0 aromatic carbocycles. The molecule has 1 saturated heterocycles. The van der Waals surface area contributed by atoms with Crippen LogP contribution in [0.1, 0.15) is 23.7 Å². The van der Waals surface area contributed by atoms with Crippen LogP contribution in [0.5, 0.6) is 0 Å². The number of rotatable bonds is 2. The van der Waals surface area contributed by atoms with Crippen LogP contribution in [-0.2, 0) is 4.74 Å². The standard InChI is InChI=1S/C13H13N5O2/c1-8-4-14-12-10(5-15-18(12)6-8)13-16-11(17-20-13)9-2-3-19-7-9/h4-6,9H,2-3,7H2,1H3. The van der Waals surface area contributed by atoms with E-state index in [4.69, 9.17) is 9.26 Å². The molecule has 7 heteroatoms. The average Bonchev–Trinajstić information content (AvgIpc) is 3.17. The molecule has 1 unspecified atom stereocenters. The first-order valence-corrected chi connectivity index (χ1v) is 6.53. The molecule has 3 aromatic rings. The summed E-state index contributed by atoms with van der Waals surface area (Å²) >= 11 is 0. The summed E-state index contributed by atoms with van der Waals surface area (Å²) in [5.41, 5.74) is 2.51. The third kappa shape index (κ3) is 1.78. The van der Waals surface area contributed by atoms with Crippen molar-refractivity contribution < 1.29 is 9.26 Å². The Kier molecular flexibility index (Phi) is 2.53. The number of nitrogens with zero attached hydrogens (tertiary/aromatic N) is 5. The quantitative estimate of drug-likeness (QED) is 0.704. The van der Waals surface area contributed by atoms with E-state index in [9.17, 15) is 0 Å². The first-order valence-electron chi connectivity index (χ1n) is 6.53. The van der Waals surface area contributed by atoms with Crippen molar-refractivity contribution >= 4 is 5.65 Å². The highest BCUT2D eigenvalue weighted by molar-refractivity contribution is 5.70. The van der Waals surface area contributed by atoms with Crippen molar-refractivity contribution in [1.29, 1.82) is 0 Å². The van der Waals surface area contributed by atoms with Crippen LogP contribution in [0.15, 0.2) is 23.1 Å². The minimum absolute atomic E-state index is 0.226. The Morgan fingerprint density at radius 1 is 1.35 bits per heavy atom. The van der Waals surface area contributed by atoms with E-state index in [0.29, 0.717) is 24.0 Å². The van der Waals surface area contributed by atoms with Gasteiger partial charge in [0.2, 0.25) is 0 Å². The summed E-state index contributed by atoms with van der Waals surface area (Å²) in [4.78, 5) is 8.83. The Labute approximate surface area is 114 Å². The number of hydrogen-bond acceptors (Lipinski definition) is 6. The lowest BCUT2D eigenvalue weighted by molar-refractivity contribution is 0.192. The number of aryl methyl sites for hydroxylation is 1. The molecular weight excluding hydrogens is 258 g/mol. The molecule has 0 N–H and O–H groups in total. The van der Waals surface area contributed by atoms with Crippen LogP contribution in [0.25, 0.3) is 17.1 Å². The fraction of sp³-hybridized carbons (Fsp3) is 0.385. The van der Waals surface area contributed by atoms with Gasteiger partial charge in [0, 0.05) is 24.9 Å². The predicted octanol–water partition coefficient (Wildman–Crippen LogP) is 1.59. The van der Waals surface area contributed by atoms with Gasteiger partial charge < -0.3 is 9.26 Å². The summed E-state index contributed by atoms with van der Waals surface area (Å²) in [5, 5.41) is 8.31. The molecule has 1 aliphatic heterocycles. The minimum atomic E-state index is 0.226. The van der Waals surface area contributed by atoms with Gasteiger partial charge in [0.05, 0.1) is 12.8 Å². The molecule has 3 aromatic heterocycles. The van der Waals surface area contributed by atoms with Crippen LogP contribution in [0, 0.1) is 6.92 Å². The number of hydrogen-bond donors (Lipinski definition) is 0. The molecule has 1 atom stereocenters. The monoisotopic (exact) mass is 271 g/mol. The van der Waals surface area contributed by atoms with Gasteiger partial charge in [0.1, 0.15) is 5.56 Å².